The fourth-order valence-corrected chi connectivity index (χ4v) is 6.82. The molecule has 0 spiro atoms. The lowest BCUT2D eigenvalue weighted by atomic mass is 9.94. The molecule has 0 aliphatic heterocycles. The summed E-state index contributed by atoms with van der Waals surface area (Å²) in [6.07, 6.45) is 9.35. The number of hydrogen-bond acceptors (Lipinski definition) is 4. The van der Waals surface area contributed by atoms with Gasteiger partial charge in [-0.15, -0.1) is 0 Å². The molecule has 0 fully saturated rings. The van der Waals surface area contributed by atoms with E-state index in [1.54, 1.807) is 0 Å². The van der Waals surface area contributed by atoms with Gasteiger partial charge in [-0.05, 0) is 51.6 Å². The normalized spacial score (nSPS) is 14.0. The molecule has 236 valence electrons. The average molecular weight is 641 g/mol. The zero-order valence-electron chi connectivity index (χ0n) is 27.3. The van der Waals surface area contributed by atoms with Crippen molar-refractivity contribution in [1.29, 1.82) is 0 Å². The van der Waals surface area contributed by atoms with Gasteiger partial charge in [-0.1, -0.05) is 164 Å². The van der Waals surface area contributed by atoms with Crippen LogP contribution < -0.4 is 0 Å². The van der Waals surface area contributed by atoms with Gasteiger partial charge in [0, 0.05) is 28.0 Å². The first-order valence-corrected chi connectivity index (χ1v) is 17.0. The number of benzene rings is 6. The zero-order chi connectivity index (χ0) is 33.3. The number of rotatable bonds is 6. The molecule has 4 nitrogen and oxygen atoms in total. The van der Waals surface area contributed by atoms with Crippen molar-refractivity contribution in [3.05, 3.63) is 182 Å². The molecule has 0 N–H and O–H groups in total. The largest absolute Gasteiger partial charge is 0.248 e. The van der Waals surface area contributed by atoms with Crippen LogP contribution in [0.3, 0.4) is 0 Å². The van der Waals surface area contributed by atoms with Gasteiger partial charge in [-0.3, -0.25) is 0 Å². The molecule has 9 rings (SSSR count). The van der Waals surface area contributed by atoms with E-state index in [1.165, 1.54) is 27.3 Å². The van der Waals surface area contributed by atoms with Crippen molar-refractivity contribution in [1.82, 2.24) is 19.9 Å². The van der Waals surface area contributed by atoms with E-state index in [9.17, 15) is 0 Å². The van der Waals surface area contributed by atoms with Crippen molar-refractivity contribution < 1.29 is 0 Å². The van der Waals surface area contributed by atoms with Crippen molar-refractivity contribution >= 4 is 21.7 Å². The summed E-state index contributed by atoms with van der Waals surface area (Å²) in [5.74, 6) is 2.30. The molecule has 0 saturated carbocycles. The van der Waals surface area contributed by atoms with Gasteiger partial charge in [0.2, 0.25) is 0 Å². The standard InChI is InChI=1S/C46H32N4/c1-4-12-33(13-5-1)40-30-42(47-41-29-28-34-14-10-11-19-39(34)43(40)41)35-24-20-31(21-25-35)32-22-26-38(27-23-32)46-49-44(36-15-6-2-7-16-36)48-45(50-46)37-17-8-3-9-18-37/h1-17,19-30,37H,18H2. The number of hydrogen-bond donors (Lipinski definition) is 0. The van der Waals surface area contributed by atoms with Crippen LogP contribution in [0.1, 0.15) is 18.2 Å². The fourth-order valence-electron chi connectivity index (χ4n) is 6.82. The number of fused-ring (bicyclic) bond motifs is 3. The predicted molar refractivity (Wildman–Crippen MR) is 205 cm³/mol. The van der Waals surface area contributed by atoms with Crippen LogP contribution in [0.15, 0.2) is 176 Å². The maximum absolute atomic E-state index is 5.17. The maximum Gasteiger partial charge on any atom is 0.163 e. The molecule has 1 unspecified atom stereocenters. The third-order valence-corrected chi connectivity index (χ3v) is 9.44. The summed E-state index contributed by atoms with van der Waals surface area (Å²) in [5, 5.41) is 3.62. The van der Waals surface area contributed by atoms with E-state index in [0.29, 0.717) is 11.6 Å². The molecular formula is C46H32N4. The predicted octanol–water partition coefficient (Wildman–Crippen LogP) is 11.5. The van der Waals surface area contributed by atoms with Crippen LogP contribution in [0.25, 0.3) is 78.0 Å². The Bertz CT molecular complexity index is 2540. The van der Waals surface area contributed by atoms with Gasteiger partial charge in [0.15, 0.2) is 11.6 Å². The smallest absolute Gasteiger partial charge is 0.163 e. The number of aromatic nitrogens is 4. The molecule has 6 aromatic carbocycles. The van der Waals surface area contributed by atoms with Gasteiger partial charge in [-0.2, -0.15) is 0 Å². The molecule has 4 heteroatoms. The first-order valence-electron chi connectivity index (χ1n) is 17.0. The Morgan fingerprint density at radius 3 is 1.74 bits per heavy atom. The molecule has 2 heterocycles. The van der Waals surface area contributed by atoms with Gasteiger partial charge >= 0.3 is 0 Å². The third-order valence-electron chi connectivity index (χ3n) is 9.44. The third kappa shape index (κ3) is 5.67. The lowest BCUT2D eigenvalue weighted by Gasteiger charge is -2.14. The Kier molecular flexibility index (Phi) is 7.60. The van der Waals surface area contributed by atoms with Crippen LogP contribution in [-0.2, 0) is 0 Å². The molecule has 0 radical (unpaired) electrons. The monoisotopic (exact) mass is 640 g/mol. The van der Waals surface area contributed by atoms with E-state index < -0.39 is 0 Å². The van der Waals surface area contributed by atoms with Crippen LogP contribution >= 0.6 is 0 Å². The van der Waals surface area contributed by atoms with E-state index in [0.717, 1.165) is 51.3 Å². The minimum absolute atomic E-state index is 0.127. The molecule has 0 saturated heterocycles. The number of pyridine rings is 1. The Morgan fingerprint density at radius 1 is 0.460 bits per heavy atom. The Labute approximate surface area is 291 Å². The second-order valence-corrected chi connectivity index (χ2v) is 12.6. The van der Waals surface area contributed by atoms with E-state index in [2.05, 4.69) is 146 Å². The summed E-state index contributed by atoms with van der Waals surface area (Å²) < 4.78 is 0. The molecule has 1 atom stereocenters. The van der Waals surface area contributed by atoms with Crippen LogP contribution in [0, 0.1) is 0 Å². The highest BCUT2D eigenvalue weighted by Gasteiger charge is 2.18. The second-order valence-electron chi connectivity index (χ2n) is 12.6. The van der Waals surface area contributed by atoms with Gasteiger partial charge in [0.25, 0.3) is 0 Å². The summed E-state index contributed by atoms with van der Waals surface area (Å²) in [6.45, 7) is 0. The average Bonchev–Trinajstić information content (AvgIpc) is 3.21. The molecular weight excluding hydrogens is 609 g/mol. The van der Waals surface area contributed by atoms with Gasteiger partial charge in [0.05, 0.1) is 11.2 Å². The quantitative estimate of drug-likeness (QED) is 0.170. The second kappa shape index (κ2) is 12.8. The Hall–Kier alpha value is -6.52. The van der Waals surface area contributed by atoms with Crippen LogP contribution in [0.2, 0.25) is 0 Å². The Morgan fingerprint density at radius 2 is 1.06 bits per heavy atom. The zero-order valence-corrected chi connectivity index (χ0v) is 27.3. The molecule has 2 aromatic heterocycles. The van der Waals surface area contributed by atoms with E-state index >= 15 is 0 Å². The minimum Gasteiger partial charge on any atom is -0.248 e. The molecule has 1 aliphatic carbocycles. The number of allylic oxidation sites excluding steroid dienone is 4. The van der Waals surface area contributed by atoms with Crippen molar-refractivity contribution in [2.45, 2.75) is 12.3 Å². The summed E-state index contributed by atoms with van der Waals surface area (Å²) in [7, 11) is 0. The van der Waals surface area contributed by atoms with Crippen LogP contribution in [0.5, 0.6) is 0 Å². The van der Waals surface area contributed by atoms with Gasteiger partial charge in [-0.25, -0.2) is 19.9 Å². The number of nitrogens with zero attached hydrogens (tertiary/aromatic N) is 4. The van der Waals surface area contributed by atoms with Crippen molar-refractivity contribution in [2.75, 3.05) is 0 Å². The van der Waals surface area contributed by atoms with Crippen molar-refractivity contribution in [3.63, 3.8) is 0 Å². The fraction of sp³-hybridized carbons (Fsp3) is 0.0435. The van der Waals surface area contributed by atoms with Gasteiger partial charge in [0.1, 0.15) is 5.82 Å². The first-order chi connectivity index (χ1) is 24.8. The molecule has 8 aromatic rings. The van der Waals surface area contributed by atoms with Crippen molar-refractivity contribution in [2.24, 2.45) is 0 Å². The lowest BCUT2D eigenvalue weighted by molar-refractivity contribution is 0.764. The van der Waals surface area contributed by atoms with E-state index in [1.807, 2.05) is 30.3 Å². The highest BCUT2D eigenvalue weighted by Crippen LogP contribution is 2.37. The Balaban J connectivity index is 1.05. The summed E-state index contributed by atoms with van der Waals surface area (Å²) in [4.78, 5) is 19.9. The summed E-state index contributed by atoms with van der Waals surface area (Å²) >= 11 is 0. The molecule has 0 bridgehead atoms. The maximum atomic E-state index is 5.17. The first kappa shape index (κ1) is 29.6. The van der Waals surface area contributed by atoms with E-state index in [4.69, 9.17) is 19.9 Å². The SMILES string of the molecule is C1=CCC(c2nc(-c3ccccc3)nc(-c3ccc(-c4ccc(-c5cc(-c6ccccc6)c6c(ccc7ccccc76)n5)cc4)cc3)n2)C=C1. The van der Waals surface area contributed by atoms with Crippen LogP contribution in [0.4, 0.5) is 0 Å². The van der Waals surface area contributed by atoms with E-state index in [-0.39, 0.29) is 5.92 Å². The van der Waals surface area contributed by atoms with Gasteiger partial charge < -0.3 is 0 Å². The lowest BCUT2D eigenvalue weighted by Crippen LogP contribution is -2.07. The van der Waals surface area contributed by atoms with Crippen molar-refractivity contribution in [3.8, 4) is 56.3 Å². The highest BCUT2D eigenvalue weighted by molar-refractivity contribution is 6.13. The molecule has 50 heavy (non-hydrogen) atoms. The summed E-state index contributed by atoms with van der Waals surface area (Å²) in [6, 6.07) is 53.0. The molecule has 0 amide bonds. The minimum atomic E-state index is 0.127. The van der Waals surface area contributed by atoms with Crippen LogP contribution in [-0.4, -0.2) is 19.9 Å². The molecule has 1 aliphatic rings. The summed E-state index contributed by atoms with van der Waals surface area (Å²) in [5.41, 5.74) is 9.60. The topological polar surface area (TPSA) is 51.6 Å². The highest BCUT2D eigenvalue weighted by atomic mass is 15.0.